The molecular formula is C21H22ClN5O2. The van der Waals surface area contributed by atoms with Gasteiger partial charge in [0.25, 0.3) is 0 Å². The van der Waals surface area contributed by atoms with E-state index in [9.17, 15) is 0 Å². The standard InChI is InChI=1S/C21H22ClN5O2/c22-15-3-1-2-13-10-16(25-17(13)15)18-19-20(23)24-8-9-27(19)21(26-18)12-4-6-14(7-5-12)29-11-28/h1-3,8-10,12,14,25,28H,4-7,11H2,(H2,23,24)/t12-,14-. The number of fused-ring (bicyclic) bond motifs is 2. The van der Waals surface area contributed by atoms with Crippen molar-refractivity contribution in [3.8, 4) is 11.4 Å². The van der Waals surface area contributed by atoms with Gasteiger partial charge in [0.05, 0.1) is 22.3 Å². The average Bonchev–Trinajstić information content (AvgIpc) is 3.32. The lowest BCUT2D eigenvalue weighted by Gasteiger charge is -2.27. The summed E-state index contributed by atoms with van der Waals surface area (Å²) in [6.07, 6.45) is 7.44. The van der Waals surface area contributed by atoms with Gasteiger partial charge in [-0.05, 0) is 37.8 Å². The molecule has 0 radical (unpaired) electrons. The molecule has 1 saturated carbocycles. The van der Waals surface area contributed by atoms with Crippen LogP contribution in [0.4, 0.5) is 5.82 Å². The van der Waals surface area contributed by atoms with Crippen LogP contribution in [0.5, 0.6) is 0 Å². The fourth-order valence-corrected chi connectivity index (χ4v) is 4.63. The van der Waals surface area contributed by atoms with Crippen LogP contribution in [0.3, 0.4) is 0 Å². The van der Waals surface area contributed by atoms with Crippen molar-refractivity contribution >= 4 is 33.8 Å². The number of aliphatic hydroxyl groups excluding tert-OH is 1. The fourth-order valence-electron chi connectivity index (χ4n) is 4.40. The molecule has 0 bridgehead atoms. The maximum Gasteiger partial charge on any atom is 0.150 e. The number of aromatic nitrogens is 4. The molecule has 1 aromatic carbocycles. The molecule has 8 heteroatoms. The van der Waals surface area contributed by atoms with Crippen LogP contribution in [0, 0.1) is 0 Å². The van der Waals surface area contributed by atoms with E-state index in [2.05, 4.69) is 14.4 Å². The van der Waals surface area contributed by atoms with Crippen LogP contribution in [0.1, 0.15) is 37.4 Å². The van der Waals surface area contributed by atoms with Crippen molar-refractivity contribution in [2.24, 2.45) is 0 Å². The quantitative estimate of drug-likeness (QED) is 0.439. The van der Waals surface area contributed by atoms with Crippen molar-refractivity contribution in [3.05, 3.63) is 47.5 Å². The monoisotopic (exact) mass is 411 g/mol. The molecule has 5 rings (SSSR count). The number of halogens is 1. The summed E-state index contributed by atoms with van der Waals surface area (Å²) < 4.78 is 7.43. The summed E-state index contributed by atoms with van der Waals surface area (Å²) in [6.45, 7) is -0.225. The SMILES string of the molecule is Nc1nccn2c1c(-c1cc3cccc(Cl)c3[nH]1)nc2[C@H]1CC[C@H](OCO)CC1. The molecule has 1 aliphatic rings. The molecule has 1 fully saturated rings. The lowest BCUT2D eigenvalue weighted by Crippen LogP contribution is -2.22. The zero-order valence-corrected chi connectivity index (χ0v) is 16.6. The van der Waals surface area contributed by atoms with Crippen LogP contribution in [-0.2, 0) is 4.74 Å². The lowest BCUT2D eigenvalue weighted by molar-refractivity contribution is -0.0643. The van der Waals surface area contributed by atoms with E-state index in [1.807, 2.05) is 30.5 Å². The summed E-state index contributed by atoms with van der Waals surface area (Å²) >= 11 is 6.35. The zero-order valence-electron chi connectivity index (χ0n) is 15.8. The number of ether oxygens (including phenoxy) is 1. The molecule has 0 aliphatic heterocycles. The number of hydrogen-bond acceptors (Lipinski definition) is 5. The van der Waals surface area contributed by atoms with E-state index < -0.39 is 0 Å². The number of rotatable bonds is 4. The Kier molecular flexibility index (Phi) is 4.66. The first kappa shape index (κ1) is 18.4. The Bertz CT molecular complexity index is 1180. The number of imidazole rings is 1. The topological polar surface area (TPSA) is 101 Å². The molecular weight excluding hydrogens is 390 g/mol. The normalized spacial score (nSPS) is 19.9. The number of H-pyrrole nitrogens is 1. The second-order valence-electron chi connectivity index (χ2n) is 7.51. The number of nitrogens with zero attached hydrogens (tertiary/aromatic N) is 3. The molecule has 4 N–H and O–H groups in total. The van der Waals surface area contributed by atoms with Crippen LogP contribution in [-0.4, -0.2) is 37.4 Å². The van der Waals surface area contributed by atoms with Gasteiger partial charge < -0.3 is 20.6 Å². The van der Waals surface area contributed by atoms with Gasteiger partial charge in [0, 0.05) is 23.7 Å². The summed E-state index contributed by atoms with van der Waals surface area (Å²) in [5.74, 6) is 1.73. The second-order valence-corrected chi connectivity index (χ2v) is 7.91. The van der Waals surface area contributed by atoms with Crippen LogP contribution < -0.4 is 5.73 Å². The molecule has 0 spiro atoms. The van der Waals surface area contributed by atoms with Crippen molar-refractivity contribution in [3.63, 3.8) is 0 Å². The number of nitrogen functional groups attached to an aromatic ring is 1. The summed E-state index contributed by atoms with van der Waals surface area (Å²) in [5, 5.41) is 10.7. The van der Waals surface area contributed by atoms with Crippen molar-refractivity contribution in [1.29, 1.82) is 0 Å². The first-order valence-corrected chi connectivity index (χ1v) is 10.2. The van der Waals surface area contributed by atoms with E-state index in [-0.39, 0.29) is 12.9 Å². The van der Waals surface area contributed by atoms with Crippen molar-refractivity contribution in [2.75, 3.05) is 12.5 Å². The molecule has 0 amide bonds. The fraction of sp³-hybridized carbons (Fsp3) is 0.333. The molecule has 4 aromatic rings. The highest BCUT2D eigenvalue weighted by molar-refractivity contribution is 6.35. The van der Waals surface area contributed by atoms with E-state index >= 15 is 0 Å². The van der Waals surface area contributed by atoms with Gasteiger partial charge in [0.2, 0.25) is 0 Å². The predicted octanol–water partition coefficient (Wildman–Crippen LogP) is 4.11. The van der Waals surface area contributed by atoms with Gasteiger partial charge in [-0.3, -0.25) is 4.40 Å². The Morgan fingerprint density at radius 1 is 1.28 bits per heavy atom. The minimum absolute atomic E-state index is 0.115. The number of aromatic amines is 1. The molecule has 0 atom stereocenters. The smallest absolute Gasteiger partial charge is 0.150 e. The largest absolute Gasteiger partial charge is 0.382 e. The van der Waals surface area contributed by atoms with Crippen molar-refractivity contribution in [1.82, 2.24) is 19.4 Å². The molecule has 3 aromatic heterocycles. The minimum Gasteiger partial charge on any atom is -0.382 e. The van der Waals surface area contributed by atoms with Crippen LogP contribution in [0.15, 0.2) is 36.7 Å². The van der Waals surface area contributed by atoms with Crippen LogP contribution in [0.2, 0.25) is 5.02 Å². The van der Waals surface area contributed by atoms with Gasteiger partial charge >= 0.3 is 0 Å². The van der Waals surface area contributed by atoms with E-state index in [0.717, 1.165) is 59.3 Å². The number of aliphatic hydroxyl groups is 1. The maximum absolute atomic E-state index is 9.01. The molecule has 29 heavy (non-hydrogen) atoms. The maximum atomic E-state index is 9.01. The Hall–Kier alpha value is -2.61. The van der Waals surface area contributed by atoms with Gasteiger partial charge in [-0.15, -0.1) is 0 Å². The van der Waals surface area contributed by atoms with Gasteiger partial charge in [-0.25, -0.2) is 9.97 Å². The molecule has 7 nitrogen and oxygen atoms in total. The number of nitrogens with two attached hydrogens (primary N) is 1. The Morgan fingerprint density at radius 3 is 2.86 bits per heavy atom. The molecule has 1 aliphatic carbocycles. The first-order valence-electron chi connectivity index (χ1n) is 9.78. The third-order valence-corrected chi connectivity index (χ3v) is 6.14. The molecule has 3 heterocycles. The number of hydrogen-bond donors (Lipinski definition) is 3. The van der Waals surface area contributed by atoms with Crippen molar-refractivity contribution < 1.29 is 9.84 Å². The lowest BCUT2D eigenvalue weighted by atomic mass is 9.87. The van der Waals surface area contributed by atoms with Crippen LogP contribution >= 0.6 is 11.6 Å². The Balaban J connectivity index is 1.60. The summed E-state index contributed by atoms with van der Waals surface area (Å²) in [5.41, 5.74) is 9.61. The highest BCUT2D eigenvalue weighted by Crippen LogP contribution is 2.38. The van der Waals surface area contributed by atoms with Gasteiger partial charge in [0.15, 0.2) is 0 Å². The Morgan fingerprint density at radius 2 is 2.10 bits per heavy atom. The van der Waals surface area contributed by atoms with Crippen LogP contribution in [0.25, 0.3) is 27.8 Å². The second kappa shape index (κ2) is 7.33. The predicted molar refractivity (Wildman–Crippen MR) is 113 cm³/mol. The molecule has 0 unspecified atom stereocenters. The highest BCUT2D eigenvalue weighted by atomic mass is 35.5. The number of anilines is 1. The number of benzene rings is 1. The minimum atomic E-state index is -0.225. The first-order chi connectivity index (χ1) is 14.2. The van der Waals surface area contributed by atoms with Gasteiger partial charge in [0.1, 0.15) is 29.6 Å². The zero-order chi connectivity index (χ0) is 20.0. The number of nitrogens with one attached hydrogen (secondary N) is 1. The van der Waals surface area contributed by atoms with Gasteiger partial charge in [-0.2, -0.15) is 0 Å². The van der Waals surface area contributed by atoms with E-state index in [1.165, 1.54) is 0 Å². The summed E-state index contributed by atoms with van der Waals surface area (Å²) in [7, 11) is 0. The van der Waals surface area contributed by atoms with E-state index in [1.54, 1.807) is 6.20 Å². The third kappa shape index (κ3) is 3.15. The number of para-hydroxylation sites is 1. The third-order valence-electron chi connectivity index (χ3n) is 5.82. The summed E-state index contributed by atoms with van der Waals surface area (Å²) in [4.78, 5) is 12.7. The van der Waals surface area contributed by atoms with E-state index in [4.69, 9.17) is 32.2 Å². The molecule has 0 saturated heterocycles. The summed E-state index contributed by atoms with van der Waals surface area (Å²) in [6, 6.07) is 7.86. The Labute approximate surface area is 172 Å². The van der Waals surface area contributed by atoms with Crippen molar-refractivity contribution in [2.45, 2.75) is 37.7 Å². The van der Waals surface area contributed by atoms with Gasteiger partial charge in [-0.1, -0.05) is 23.7 Å². The van der Waals surface area contributed by atoms with E-state index in [0.29, 0.717) is 16.8 Å². The molecule has 150 valence electrons. The highest BCUT2D eigenvalue weighted by Gasteiger charge is 2.28. The average molecular weight is 412 g/mol.